The maximum absolute atomic E-state index is 12.6. The number of cyclic esters (lactones) is 1. The Morgan fingerprint density at radius 2 is 1.25 bits per heavy atom. The van der Waals surface area contributed by atoms with Crippen molar-refractivity contribution in [2.75, 3.05) is 0 Å². The first-order valence-electron chi connectivity index (χ1n) is 34.1. The van der Waals surface area contributed by atoms with Crippen LogP contribution in [0, 0.1) is 64.1 Å². The van der Waals surface area contributed by atoms with Crippen molar-refractivity contribution in [1.82, 2.24) is 0 Å². The summed E-state index contributed by atoms with van der Waals surface area (Å²) in [6, 6.07) is -1.14. The van der Waals surface area contributed by atoms with Crippen molar-refractivity contribution in [1.29, 1.82) is 0 Å². The molecule has 0 aromatic heterocycles. The summed E-state index contributed by atoms with van der Waals surface area (Å²) >= 11 is 0. The number of esters is 1. The number of allylic oxidation sites excluding steroid dienone is 12. The van der Waals surface area contributed by atoms with E-state index in [-0.39, 0.29) is 61.1 Å². The number of carboxylic acid groups (broad SMARTS) is 2. The molecule has 0 amide bonds. The Morgan fingerprint density at radius 3 is 1.87 bits per heavy atom. The van der Waals surface area contributed by atoms with Gasteiger partial charge in [-0.05, 0) is 137 Å². The Kier molecular flexibility index (Phi) is 29.7. The molecule has 0 aromatic carbocycles. The summed E-state index contributed by atoms with van der Waals surface area (Å²) in [6.45, 7) is 13.7. The minimum absolute atomic E-state index is 0.0591. The highest BCUT2D eigenvalue weighted by Crippen LogP contribution is 2.68. The molecule has 6 fully saturated rings. The molecular formula is C71H113NO21. The summed E-state index contributed by atoms with van der Waals surface area (Å²) in [6.07, 6.45) is 12.8. The third-order valence-corrected chi connectivity index (χ3v) is 22.3. The number of carbonyl (C=O) groups is 3. The van der Waals surface area contributed by atoms with Crippen LogP contribution < -0.4 is 5.73 Å². The van der Waals surface area contributed by atoms with Gasteiger partial charge in [0.05, 0.1) is 91.8 Å². The minimum Gasteiger partial charge on any atom is -0.481 e. The molecule has 5 unspecified atom stereocenters. The first kappa shape index (κ1) is 78.0. The van der Waals surface area contributed by atoms with Crippen LogP contribution in [0.1, 0.15) is 164 Å². The number of aliphatic carboxylic acids is 2. The quantitative estimate of drug-likeness (QED) is 0.146. The van der Waals surface area contributed by atoms with Crippen molar-refractivity contribution in [2.45, 2.75) is 274 Å². The van der Waals surface area contributed by atoms with E-state index < -0.39 is 153 Å². The van der Waals surface area contributed by atoms with Crippen molar-refractivity contribution in [2.24, 2.45) is 69.8 Å². The maximum atomic E-state index is 12.6. The van der Waals surface area contributed by atoms with Crippen LogP contribution >= 0.6 is 0 Å². The Morgan fingerprint density at radius 1 is 0.634 bits per heavy atom. The van der Waals surface area contributed by atoms with Crippen molar-refractivity contribution in [3.8, 4) is 0 Å². The van der Waals surface area contributed by atoms with E-state index in [0.29, 0.717) is 35.5 Å². The zero-order valence-electron chi connectivity index (χ0n) is 55.5. The average Bonchev–Trinajstić information content (AvgIpc) is 1.67. The SMILES string of the molecule is CC1OC(O[C@H]2C=CC=CC=CC=CC=CC=CC=C[C@H](C)[C@@H](O)[C@H](C)[C@H](C)OC(=O)C[C@H](O)C[C@H](O)[C@@H](O)CC[C@H](O)C[C@H](O)C[C@]3(O)C[C@H](O)[C@@H](C(=O)O)[C@H](C2)O3)C(O)C(N)C1O.C[C@H](CCC(=O)O)[C@H]1CC[C@H]2[C@@H]3CC[C@@H]4C[C@H](O)CC[C@]4(C)[C@H]3C[C@H](O)[C@]12C. The summed E-state index contributed by atoms with van der Waals surface area (Å²) in [5, 5.41) is 149. The first-order chi connectivity index (χ1) is 43.8. The predicted octanol–water partition coefficient (Wildman–Crippen LogP) is 5.19. The lowest BCUT2D eigenvalue weighted by Gasteiger charge is -2.62. The summed E-state index contributed by atoms with van der Waals surface area (Å²) in [5.41, 5.74) is 6.23. The number of rotatable bonds is 7. The fourth-order valence-corrected chi connectivity index (χ4v) is 16.7. The molecule has 0 radical (unpaired) electrons. The van der Waals surface area contributed by atoms with E-state index >= 15 is 0 Å². The summed E-state index contributed by atoms with van der Waals surface area (Å²) in [5.74, 6) is -4.27. The second-order valence-corrected chi connectivity index (χ2v) is 28.9. The lowest BCUT2D eigenvalue weighted by molar-refractivity contribution is -0.308. The van der Waals surface area contributed by atoms with E-state index in [4.69, 9.17) is 29.8 Å². The van der Waals surface area contributed by atoms with Gasteiger partial charge in [-0.25, -0.2) is 0 Å². The van der Waals surface area contributed by atoms with Gasteiger partial charge in [0, 0.05) is 43.9 Å². The number of fused-ring (bicyclic) bond motifs is 7. The molecule has 2 bridgehead atoms. The molecule has 22 heteroatoms. The van der Waals surface area contributed by atoms with E-state index in [9.17, 15) is 80.8 Å². The highest BCUT2D eigenvalue weighted by atomic mass is 16.7. The highest BCUT2D eigenvalue weighted by Gasteiger charge is 2.64. The molecule has 4 aliphatic carbocycles. The Balaban J connectivity index is 0.000000402. The van der Waals surface area contributed by atoms with Gasteiger partial charge < -0.3 is 96.2 Å². The van der Waals surface area contributed by atoms with Gasteiger partial charge in [-0.15, -0.1) is 0 Å². The molecule has 29 atom stereocenters. The molecule has 3 aliphatic heterocycles. The normalized spacial score (nSPS) is 44.9. The number of ether oxygens (including phenoxy) is 4. The Bertz CT molecular complexity index is 2580. The van der Waals surface area contributed by atoms with Gasteiger partial charge in [0.25, 0.3) is 0 Å². The van der Waals surface area contributed by atoms with Gasteiger partial charge in [0.1, 0.15) is 18.1 Å². The van der Waals surface area contributed by atoms with Gasteiger partial charge in [-0.2, -0.15) is 0 Å². The molecule has 0 spiro atoms. The van der Waals surface area contributed by atoms with Gasteiger partial charge in [0.2, 0.25) is 0 Å². The fourth-order valence-electron chi connectivity index (χ4n) is 16.7. The Hall–Kier alpha value is -4.05. The van der Waals surface area contributed by atoms with Crippen molar-refractivity contribution in [3.63, 3.8) is 0 Å². The van der Waals surface area contributed by atoms with Gasteiger partial charge in [-0.3, -0.25) is 14.4 Å². The lowest BCUT2D eigenvalue weighted by Crippen LogP contribution is -2.61. The van der Waals surface area contributed by atoms with Crippen LogP contribution in [0.5, 0.6) is 0 Å². The summed E-state index contributed by atoms with van der Waals surface area (Å²) in [7, 11) is 0. The largest absolute Gasteiger partial charge is 0.481 e. The van der Waals surface area contributed by atoms with Crippen LogP contribution in [0.4, 0.5) is 0 Å². The summed E-state index contributed by atoms with van der Waals surface area (Å²) in [4.78, 5) is 36.1. The smallest absolute Gasteiger partial charge is 0.311 e. The van der Waals surface area contributed by atoms with Crippen LogP contribution in [0.25, 0.3) is 0 Å². The second kappa shape index (κ2) is 35.5. The predicted molar refractivity (Wildman–Crippen MR) is 346 cm³/mol. The minimum atomic E-state index is -2.29. The van der Waals surface area contributed by atoms with Crippen LogP contribution in [0.2, 0.25) is 0 Å². The third-order valence-electron chi connectivity index (χ3n) is 22.3. The van der Waals surface area contributed by atoms with Crippen LogP contribution in [-0.2, 0) is 33.3 Å². The van der Waals surface area contributed by atoms with E-state index in [1.165, 1.54) is 32.3 Å². The van der Waals surface area contributed by atoms with E-state index in [1.54, 1.807) is 86.8 Å². The number of hydrogen-bond donors (Lipinski definition) is 15. The zero-order valence-corrected chi connectivity index (χ0v) is 55.5. The standard InChI is InChI=1S/C47H73NO17.C24H40O4/c1-27-17-15-13-11-9-7-5-6-8-10-12-14-16-18-34(64-46-44(58)41(48)43(57)30(4)63-46)24-38-40(45(59)60)37(54)26-47(61,65-38)25-33(51)21-31(49)19-20-35(52)36(53)22-32(50)23-39(55)62-29(3)28(2)42(27)56;1-14(4-9-22(27)28)18-7-8-19-17-6-5-15-12-16(25)10-11-23(15,2)20(17)13-21(26)24(18,19)3/h5-18,27-38,40-44,46,49-54,56-58,61H,19-26,48H2,1-4H3,(H,59,60);14-21,25-26H,4-13H2,1-3H3,(H,27,28)/t27-,28+,29-,30?,31-,32+,33-,34-,35-,36-,37-,38-,40+,41?,42+,43?,44?,46?,47+;14-,15-,16-,17+,18-,19+,20+,21+,23+,24-/m01/s1. The topological polar surface area (TPSA) is 397 Å². The van der Waals surface area contributed by atoms with Crippen molar-refractivity contribution in [3.05, 3.63) is 85.1 Å². The Labute approximate surface area is 549 Å². The average molecular weight is 1320 g/mol. The van der Waals surface area contributed by atoms with Crippen LogP contribution in [0.3, 0.4) is 0 Å². The number of aliphatic hydroxyl groups excluding tert-OH is 11. The van der Waals surface area contributed by atoms with Crippen LogP contribution in [0.15, 0.2) is 85.1 Å². The third kappa shape index (κ3) is 21.0. The number of nitrogens with two attached hydrogens (primary N) is 1. The molecule has 2 saturated heterocycles. The lowest BCUT2D eigenvalue weighted by atomic mass is 9.43. The number of aliphatic hydroxyl groups is 12. The van der Waals surface area contributed by atoms with E-state index in [0.717, 1.165) is 38.5 Å². The highest BCUT2D eigenvalue weighted by molar-refractivity contribution is 5.72. The molecule has 0 aromatic rings. The maximum Gasteiger partial charge on any atom is 0.311 e. The number of hydrogen-bond acceptors (Lipinski definition) is 20. The van der Waals surface area contributed by atoms with Crippen LogP contribution in [-0.4, -0.2) is 199 Å². The van der Waals surface area contributed by atoms with E-state index in [1.807, 2.05) is 13.0 Å². The summed E-state index contributed by atoms with van der Waals surface area (Å²) < 4.78 is 23.1. The molecule has 7 aliphatic rings. The molecular weight excluding hydrogens is 1200 g/mol. The van der Waals surface area contributed by atoms with Gasteiger partial charge in [0.15, 0.2) is 12.1 Å². The fraction of sp³-hybridized carbons (Fsp3) is 0.761. The molecule has 528 valence electrons. The van der Waals surface area contributed by atoms with Gasteiger partial charge >= 0.3 is 17.9 Å². The van der Waals surface area contributed by atoms with Crippen molar-refractivity contribution >= 4 is 17.9 Å². The second-order valence-electron chi connectivity index (χ2n) is 28.9. The van der Waals surface area contributed by atoms with Gasteiger partial charge in [-0.1, -0.05) is 120 Å². The number of carbonyl (C=O) groups excluding carboxylic acids is 1. The molecule has 16 N–H and O–H groups in total. The molecule has 93 heavy (non-hydrogen) atoms. The molecule has 22 nitrogen and oxygen atoms in total. The molecule has 3 heterocycles. The first-order valence-corrected chi connectivity index (χ1v) is 34.1. The van der Waals surface area contributed by atoms with Crippen molar-refractivity contribution < 1.29 is 105 Å². The zero-order chi connectivity index (χ0) is 68.7. The molecule has 4 saturated carbocycles. The number of carboxylic acids is 2. The monoisotopic (exact) mass is 1320 g/mol. The van der Waals surface area contributed by atoms with E-state index in [2.05, 4.69) is 20.8 Å². The molecule has 7 rings (SSSR count).